The number of hydrogen-bond acceptors (Lipinski definition) is 6. The predicted octanol–water partition coefficient (Wildman–Crippen LogP) is 2.74. The van der Waals surface area contributed by atoms with Gasteiger partial charge in [0.05, 0.1) is 23.0 Å². The first kappa shape index (κ1) is 22.4. The van der Waals surface area contributed by atoms with Gasteiger partial charge < -0.3 is 15.2 Å². The SMILES string of the molecule is Cc1c(C(=O)C(=O)NC2(c3cn[nH]n3)CC2)c2n(c1C(=O)Nc1ccnc(C(F)F)c1F)[C@@H]1C[C@@H]1C2. The second-order valence-electron chi connectivity index (χ2n) is 9.47. The Kier molecular flexibility index (Phi) is 4.82. The number of Topliss-reactive ketones (excluding diaryl/α,β-unsaturated/α-hetero) is 1. The molecule has 2 fully saturated rings. The van der Waals surface area contributed by atoms with Crippen molar-refractivity contribution in [2.24, 2.45) is 5.92 Å². The summed E-state index contributed by atoms with van der Waals surface area (Å²) in [5.74, 6) is -3.43. The molecule has 0 radical (unpaired) electrons. The third-order valence-electron chi connectivity index (χ3n) is 7.25. The number of alkyl halides is 2. The molecule has 4 heterocycles. The fraction of sp³-hybridized carbons (Fsp3) is 0.391. The zero-order valence-corrected chi connectivity index (χ0v) is 18.9. The van der Waals surface area contributed by atoms with E-state index in [2.05, 4.69) is 31.0 Å². The number of halogens is 3. The molecule has 1 aliphatic heterocycles. The number of fused-ring (bicyclic) bond motifs is 3. The first-order valence-corrected chi connectivity index (χ1v) is 11.4. The van der Waals surface area contributed by atoms with Gasteiger partial charge in [0.2, 0.25) is 0 Å². The minimum absolute atomic E-state index is 0.00659. The Labute approximate surface area is 201 Å². The van der Waals surface area contributed by atoms with Crippen molar-refractivity contribution in [3.63, 3.8) is 0 Å². The van der Waals surface area contributed by atoms with Crippen molar-refractivity contribution in [3.8, 4) is 0 Å². The molecular formula is C23H20F3N7O3. The van der Waals surface area contributed by atoms with E-state index in [-0.39, 0.29) is 28.8 Å². The molecule has 36 heavy (non-hydrogen) atoms. The van der Waals surface area contributed by atoms with E-state index in [1.54, 1.807) is 11.5 Å². The second kappa shape index (κ2) is 7.73. The number of anilines is 1. The summed E-state index contributed by atoms with van der Waals surface area (Å²) < 4.78 is 42.3. The van der Waals surface area contributed by atoms with E-state index in [1.165, 1.54) is 6.20 Å². The molecule has 3 aromatic rings. The van der Waals surface area contributed by atoms with E-state index >= 15 is 0 Å². The zero-order valence-electron chi connectivity index (χ0n) is 18.9. The fourth-order valence-corrected chi connectivity index (χ4v) is 5.21. The first-order valence-electron chi connectivity index (χ1n) is 11.4. The molecule has 3 aromatic heterocycles. The lowest BCUT2D eigenvalue weighted by molar-refractivity contribution is -0.118. The molecule has 2 atom stereocenters. The van der Waals surface area contributed by atoms with Gasteiger partial charge in [0.1, 0.15) is 17.1 Å². The standard InChI is InChI=1S/C23H20F3N7O3/c1-9-15(19(34)22(36)30-23(3-4-23)14-8-28-32-31-14)13-7-10-6-12(10)33(13)18(9)21(35)29-11-2-5-27-17(16(11)24)20(25)26/h2,5,8,10,12,20H,3-4,6-7H2,1H3,(H,30,36)(H,27,29,35)(H,28,31,32)/t10-,12-/m1/s1. The number of nitrogens with one attached hydrogen (secondary N) is 3. The molecule has 10 nitrogen and oxygen atoms in total. The molecule has 0 unspecified atom stereocenters. The lowest BCUT2D eigenvalue weighted by Gasteiger charge is -2.14. The quantitative estimate of drug-likeness (QED) is 0.338. The maximum absolute atomic E-state index is 14.5. The summed E-state index contributed by atoms with van der Waals surface area (Å²) in [6.45, 7) is 1.55. The van der Waals surface area contributed by atoms with E-state index in [9.17, 15) is 27.6 Å². The van der Waals surface area contributed by atoms with E-state index in [0.717, 1.165) is 18.7 Å². The van der Waals surface area contributed by atoms with Crippen LogP contribution in [0.1, 0.15) is 75.2 Å². The molecule has 13 heteroatoms. The topological polar surface area (TPSA) is 135 Å². The van der Waals surface area contributed by atoms with Crippen molar-refractivity contribution in [1.82, 2.24) is 30.3 Å². The number of hydrogen-bond donors (Lipinski definition) is 3. The highest BCUT2D eigenvalue weighted by Crippen LogP contribution is 2.54. The van der Waals surface area contributed by atoms with Crippen molar-refractivity contribution in [1.29, 1.82) is 0 Å². The molecule has 2 saturated carbocycles. The predicted molar refractivity (Wildman–Crippen MR) is 117 cm³/mol. The van der Waals surface area contributed by atoms with E-state index in [0.29, 0.717) is 30.7 Å². The molecule has 0 spiro atoms. The fourth-order valence-electron chi connectivity index (χ4n) is 5.21. The Morgan fingerprint density at radius 3 is 2.72 bits per heavy atom. The average molecular weight is 499 g/mol. The summed E-state index contributed by atoms with van der Waals surface area (Å²) in [4.78, 5) is 42.9. The van der Waals surface area contributed by atoms with Gasteiger partial charge in [-0.2, -0.15) is 15.4 Å². The van der Waals surface area contributed by atoms with Gasteiger partial charge in [0.15, 0.2) is 5.82 Å². The lowest BCUT2D eigenvalue weighted by Crippen LogP contribution is -2.40. The van der Waals surface area contributed by atoms with Crippen LogP contribution in [0.4, 0.5) is 18.9 Å². The number of aromatic nitrogens is 5. The Hall–Kier alpha value is -4.03. The summed E-state index contributed by atoms with van der Waals surface area (Å²) in [7, 11) is 0. The third kappa shape index (κ3) is 3.33. The van der Waals surface area contributed by atoms with Crippen molar-refractivity contribution in [2.45, 2.75) is 50.6 Å². The van der Waals surface area contributed by atoms with Crippen LogP contribution in [0.3, 0.4) is 0 Å². The molecule has 0 aromatic carbocycles. The van der Waals surface area contributed by atoms with Crippen molar-refractivity contribution >= 4 is 23.3 Å². The van der Waals surface area contributed by atoms with Gasteiger partial charge in [0.25, 0.3) is 24.0 Å². The number of carbonyl (C=O) groups excluding carboxylic acids is 3. The summed E-state index contributed by atoms with van der Waals surface area (Å²) >= 11 is 0. The number of nitrogens with zero attached hydrogens (tertiary/aromatic N) is 4. The van der Waals surface area contributed by atoms with Gasteiger partial charge in [-0.3, -0.25) is 19.4 Å². The van der Waals surface area contributed by atoms with Crippen LogP contribution in [-0.2, 0) is 16.8 Å². The second-order valence-corrected chi connectivity index (χ2v) is 9.47. The summed E-state index contributed by atoms with van der Waals surface area (Å²) in [6.07, 6.45) is 1.89. The van der Waals surface area contributed by atoms with Crippen LogP contribution < -0.4 is 10.6 Å². The Morgan fingerprint density at radius 1 is 1.28 bits per heavy atom. The minimum Gasteiger partial charge on any atom is -0.338 e. The summed E-state index contributed by atoms with van der Waals surface area (Å²) in [5.41, 5.74) is -0.619. The van der Waals surface area contributed by atoms with Gasteiger partial charge in [-0.15, -0.1) is 0 Å². The van der Waals surface area contributed by atoms with Crippen LogP contribution in [0.25, 0.3) is 0 Å². The van der Waals surface area contributed by atoms with Crippen molar-refractivity contribution < 1.29 is 27.6 Å². The average Bonchev–Trinajstić information content (AvgIpc) is 3.62. The van der Waals surface area contributed by atoms with E-state index < -0.39 is 46.8 Å². The molecule has 0 bridgehead atoms. The highest BCUT2D eigenvalue weighted by Gasteiger charge is 2.52. The Balaban J connectivity index is 1.32. The number of H-pyrrole nitrogens is 1. The van der Waals surface area contributed by atoms with E-state index in [1.807, 2.05) is 0 Å². The van der Waals surface area contributed by atoms with Crippen LogP contribution in [0.15, 0.2) is 18.5 Å². The lowest BCUT2D eigenvalue weighted by atomic mass is 10.0. The van der Waals surface area contributed by atoms with Crippen molar-refractivity contribution in [3.05, 3.63) is 58.2 Å². The number of ketones is 1. The van der Waals surface area contributed by atoms with Crippen molar-refractivity contribution in [2.75, 3.05) is 5.32 Å². The van der Waals surface area contributed by atoms with Gasteiger partial charge in [-0.05, 0) is 50.2 Å². The van der Waals surface area contributed by atoms with Gasteiger partial charge in [-0.1, -0.05) is 0 Å². The molecule has 2 amide bonds. The number of rotatable bonds is 7. The van der Waals surface area contributed by atoms with Crippen LogP contribution in [0.2, 0.25) is 0 Å². The van der Waals surface area contributed by atoms with Crippen LogP contribution in [-0.4, -0.2) is 42.6 Å². The molecule has 0 saturated heterocycles. The summed E-state index contributed by atoms with van der Waals surface area (Å²) in [5, 5.41) is 15.4. The minimum atomic E-state index is -3.15. The van der Waals surface area contributed by atoms with Crippen LogP contribution >= 0.6 is 0 Å². The molecule has 3 aliphatic rings. The molecular weight excluding hydrogens is 479 g/mol. The van der Waals surface area contributed by atoms with Gasteiger partial charge >= 0.3 is 0 Å². The first-order chi connectivity index (χ1) is 17.2. The largest absolute Gasteiger partial charge is 0.338 e. The molecule has 186 valence electrons. The van der Waals surface area contributed by atoms with Crippen LogP contribution in [0.5, 0.6) is 0 Å². The molecule has 6 rings (SSSR count). The Morgan fingerprint density at radius 2 is 2.06 bits per heavy atom. The number of carbonyl (C=O) groups is 3. The van der Waals surface area contributed by atoms with Gasteiger partial charge in [-0.25, -0.2) is 13.2 Å². The number of pyridine rings is 1. The summed E-state index contributed by atoms with van der Waals surface area (Å²) in [6, 6.07) is 1.08. The maximum atomic E-state index is 14.5. The highest BCUT2D eigenvalue weighted by molar-refractivity contribution is 6.44. The Bertz CT molecular complexity index is 1430. The molecule has 3 N–H and O–H groups in total. The highest BCUT2D eigenvalue weighted by atomic mass is 19.3. The third-order valence-corrected chi connectivity index (χ3v) is 7.25. The number of amides is 2. The maximum Gasteiger partial charge on any atom is 0.293 e. The van der Waals surface area contributed by atoms with Crippen LogP contribution in [0, 0.1) is 18.7 Å². The number of aromatic amines is 1. The van der Waals surface area contributed by atoms with E-state index in [4.69, 9.17) is 0 Å². The normalized spacial score (nSPS) is 20.6. The molecule has 2 aliphatic carbocycles. The zero-order chi connectivity index (χ0) is 25.4. The monoisotopic (exact) mass is 499 g/mol. The van der Waals surface area contributed by atoms with Gasteiger partial charge in [0, 0.05) is 17.9 Å². The smallest absolute Gasteiger partial charge is 0.293 e.